The Morgan fingerprint density at radius 1 is 1.08 bits per heavy atom. The maximum atomic E-state index is 11.2. The Labute approximate surface area is 141 Å². The lowest BCUT2D eigenvalue weighted by atomic mass is 10.2. The third-order valence-electron chi connectivity index (χ3n) is 3.87. The molecule has 2 aromatic carbocycles. The Bertz CT molecular complexity index is 808. The van der Waals surface area contributed by atoms with Crippen LogP contribution in [0.2, 0.25) is 0 Å². The Kier molecular flexibility index (Phi) is 5.16. The number of hydrogen-bond donors (Lipinski definition) is 0. The first-order valence-electron chi connectivity index (χ1n) is 8.17. The minimum absolute atomic E-state index is 0.164. The molecular formula is C20H21NO3. The fourth-order valence-corrected chi connectivity index (χ4v) is 2.56. The first kappa shape index (κ1) is 16.1. The van der Waals surface area contributed by atoms with E-state index < -0.39 is 0 Å². The second-order valence-electron chi connectivity index (χ2n) is 5.58. The molecule has 0 saturated carbocycles. The molecule has 3 rings (SSSR count). The van der Waals surface area contributed by atoms with Gasteiger partial charge >= 0.3 is 5.97 Å². The molecule has 0 aliphatic heterocycles. The summed E-state index contributed by atoms with van der Waals surface area (Å²) in [5.41, 5.74) is 2.25. The smallest absolute Gasteiger partial charge is 0.305 e. The molecule has 124 valence electrons. The van der Waals surface area contributed by atoms with Gasteiger partial charge in [0.05, 0.1) is 6.54 Å². The molecular weight excluding hydrogens is 302 g/mol. The van der Waals surface area contributed by atoms with Crippen LogP contribution in [0, 0.1) is 0 Å². The van der Waals surface area contributed by atoms with Crippen LogP contribution >= 0.6 is 0 Å². The van der Waals surface area contributed by atoms with Crippen molar-refractivity contribution in [1.82, 2.24) is 4.57 Å². The maximum Gasteiger partial charge on any atom is 0.305 e. The average molecular weight is 323 g/mol. The van der Waals surface area contributed by atoms with Crippen LogP contribution in [0.15, 0.2) is 60.8 Å². The van der Waals surface area contributed by atoms with E-state index >= 15 is 0 Å². The van der Waals surface area contributed by atoms with Gasteiger partial charge in [0, 0.05) is 23.5 Å². The van der Waals surface area contributed by atoms with E-state index in [-0.39, 0.29) is 5.97 Å². The van der Waals surface area contributed by atoms with Gasteiger partial charge in [-0.1, -0.05) is 37.3 Å². The van der Waals surface area contributed by atoms with Gasteiger partial charge in [-0.25, -0.2) is 0 Å². The van der Waals surface area contributed by atoms with Gasteiger partial charge in [-0.15, -0.1) is 0 Å². The molecule has 0 aliphatic rings. The van der Waals surface area contributed by atoms with Gasteiger partial charge in [0.2, 0.25) is 0 Å². The summed E-state index contributed by atoms with van der Waals surface area (Å²) in [6.07, 6.45) is 2.42. The predicted molar refractivity (Wildman–Crippen MR) is 94.0 cm³/mol. The van der Waals surface area contributed by atoms with E-state index in [2.05, 4.69) is 4.57 Å². The molecule has 0 aliphatic carbocycles. The highest BCUT2D eigenvalue weighted by Crippen LogP contribution is 2.23. The highest BCUT2D eigenvalue weighted by molar-refractivity contribution is 5.81. The number of hydrogen-bond acceptors (Lipinski definition) is 3. The third kappa shape index (κ3) is 3.96. The lowest BCUT2D eigenvalue weighted by Gasteiger charge is -2.08. The van der Waals surface area contributed by atoms with Gasteiger partial charge < -0.3 is 14.0 Å². The number of nitrogens with zero attached hydrogens (tertiary/aromatic N) is 1. The van der Waals surface area contributed by atoms with Gasteiger partial charge in [0.25, 0.3) is 0 Å². The summed E-state index contributed by atoms with van der Waals surface area (Å²) in [5, 5.41) is 1.11. The summed E-state index contributed by atoms with van der Waals surface area (Å²) < 4.78 is 13.1. The quantitative estimate of drug-likeness (QED) is 0.613. The number of carbonyl (C=O) groups excluding carboxylic acids is 1. The van der Waals surface area contributed by atoms with Gasteiger partial charge in [-0.3, -0.25) is 4.79 Å². The highest BCUT2D eigenvalue weighted by Gasteiger charge is 2.05. The van der Waals surface area contributed by atoms with E-state index in [9.17, 15) is 4.79 Å². The number of rotatable bonds is 7. The van der Waals surface area contributed by atoms with Crippen LogP contribution in [0.4, 0.5) is 0 Å². The van der Waals surface area contributed by atoms with E-state index in [0.29, 0.717) is 26.2 Å². The summed E-state index contributed by atoms with van der Waals surface area (Å²) in [6, 6.07) is 18.2. The molecule has 24 heavy (non-hydrogen) atoms. The van der Waals surface area contributed by atoms with Crippen molar-refractivity contribution in [2.24, 2.45) is 0 Å². The Balaban J connectivity index is 1.63. The van der Waals surface area contributed by atoms with Gasteiger partial charge in [0.15, 0.2) is 0 Å². The van der Waals surface area contributed by atoms with E-state index in [0.717, 1.165) is 22.2 Å². The van der Waals surface area contributed by atoms with Crippen molar-refractivity contribution in [2.75, 3.05) is 6.61 Å². The highest BCUT2D eigenvalue weighted by atomic mass is 16.5. The van der Waals surface area contributed by atoms with E-state index in [1.807, 2.05) is 60.8 Å². The molecule has 0 fully saturated rings. The SMILES string of the molecule is CCC(=O)OCCn1ccc2cc(OCc3ccccc3)ccc21. The normalized spacial score (nSPS) is 10.7. The van der Waals surface area contributed by atoms with Crippen molar-refractivity contribution >= 4 is 16.9 Å². The molecule has 1 aromatic heterocycles. The zero-order chi connectivity index (χ0) is 16.8. The van der Waals surface area contributed by atoms with Crippen LogP contribution in [0.25, 0.3) is 10.9 Å². The van der Waals surface area contributed by atoms with E-state index in [1.54, 1.807) is 6.92 Å². The standard InChI is InChI=1S/C20H21NO3/c1-2-20(22)23-13-12-21-11-10-17-14-18(8-9-19(17)21)24-15-16-6-4-3-5-7-16/h3-11,14H,2,12-13,15H2,1H3. The fraction of sp³-hybridized carbons (Fsp3) is 0.250. The largest absolute Gasteiger partial charge is 0.489 e. The summed E-state index contributed by atoms with van der Waals surface area (Å²) >= 11 is 0. The van der Waals surface area contributed by atoms with Gasteiger partial charge in [-0.05, 0) is 29.8 Å². The molecule has 0 radical (unpaired) electrons. The Hall–Kier alpha value is -2.75. The van der Waals surface area contributed by atoms with Gasteiger partial charge in [0.1, 0.15) is 19.0 Å². The summed E-state index contributed by atoms with van der Waals surface area (Å²) in [6.45, 7) is 3.40. The zero-order valence-corrected chi connectivity index (χ0v) is 13.8. The Morgan fingerprint density at radius 2 is 1.92 bits per heavy atom. The van der Waals surface area contributed by atoms with Gasteiger partial charge in [-0.2, -0.15) is 0 Å². The van der Waals surface area contributed by atoms with Crippen molar-refractivity contribution in [3.63, 3.8) is 0 Å². The monoisotopic (exact) mass is 323 g/mol. The maximum absolute atomic E-state index is 11.2. The van der Waals surface area contributed by atoms with Crippen LogP contribution in [0.3, 0.4) is 0 Å². The minimum Gasteiger partial charge on any atom is -0.489 e. The lowest BCUT2D eigenvalue weighted by molar-refractivity contribution is -0.143. The number of aromatic nitrogens is 1. The molecule has 3 aromatic rings. The second kappa shape index (κ2) is 7.68. The molecule has 0 amide bonds. The van der Waals surface area contributed by atoms with Crippen LogP contribution in [0.1, 0.15) is 18.9 Å². The van der Waals surface area contributed by atoms with Crippen LogP contribution in [-0.2, 0) is 22.7 Å². The molecule has 0 N–H and O–H groups in total. The number of carbonyl (C=O) groups is 1. The van der Waals surface area contributed by atoms with Crippen LogP contribution < -0.4 is 4.74 Å². The second-order valence-corrected chi connectivity index (χ2v) is 5.58. The lowest BCUT2D eigenvalue weighted by Crippen LogP contribution is -2.09. The minimum atomic E-state index is -0.164. The topological polar surface area (TPSA) is 40.5 Å². The van der Waals surface area contributed by atoms with E-state index in [4.69, 9.17) is 9.47 Å². The van der Waals surface area contributed by atoms with Crippen LogP contribution in [0.5, 0.6) is 5.75 Å². The molecule has 0 saturated heterocycles. The summed E-state index contributed by atoms with van der Waals surface area (Å²) in [5.74, 6) is 0.685. The third-order valence-corrected chi connectivity index (χ3v) is 3.87. The predicted octanol–water partition coefficient (Wildman–Crippen LogP) is 4.17. The zero-order valence-electron chi connectivity index (χ0n) is 13.8. The molecule has 0 bridgehead atoms. The molecule has 0 spiro atoms. The summed E-state index contributed by atoms with van der Waals surface area (Å²) in [7, 11) is 0. The number of benzene rings is 2. The van der Waals surface area contributed by atoms with Crippen molar-refractivity contribution in [3.8, 4) is 5.75 Å². The molecule has 0 unspecified atom stereocenters. The molecule has 0 atom stereocenters. The van der Waals surface area contributed by atoms with Crippen molar-refractivity contribution in [1.29, 1.82) is 0 Å². The van der Waals surface area contributed by atoms with Crippen molar-refractivity contribution in [3.05, 3.63) is 66.4 Å². The summed E-state index contributed by atoms with van der Waals surface area (Å²) in [4.78, 5) is 11.2. The fourth-order valence-electron chi connectivity index (χ4n) is 2.56. The molecule has 1 heterocycles. The molecule has 4 nitrogen and oxygen atoms in total. The van der Waals surface area contributed by atoms with Crippen molar-refractivity contribution < 1.29 is 14.3 Å². The average Bonchev–Trinajstić information content (AvgIpc) is 3.03. The molecule has 4 heteroatoms. The van der Waals surface area contributed by atoms with Crippen molar-refractivity contribution in [2.45, 2.75) is 26.5 Å². The number of esters is 1. The van der Waals surface area contributed by atoms with E-state index in [1.165, 1.54) is 0 Å². The first-order chi connectivity index (χ1) is 11.8. The first-order valence-corrected chi connectivity index (χ1v) is 8.17. The number of ether oxygens (including phenoxy) is 2. The van der Waals surface area contributed by atoms with Crippen LogP contribution in [-0.4, -0.2) is 17.1 Å². The number of fused-ring (bicyclic) bond motifs is 1. The Morgan fingerprint density at radius 3 is 2.71 bits per heavy atom.